The number of aliphatic hydroxyl groups is 1. The van der Waals surface area contributed by atoms with Crippen LogP contribution < -0.4 is 15.8 Å². The number of amidine groups is 1. The lowest BCUT2D eigenvalue weighted by atomic mass is 9.95. The molecule has 0 bridgehead atoms. The van der Waals surface area contributed by atoms with Crippen molar-refractivity contribution in [3.63, 3.8) is 0 Å². The van der Waals surface area contributed by atoms with Gasteiger partial charge in [-0.05, 0) is 61.2 Å². The predicted molar refractivity (Wildman–Crippen MR) is 130 cm³/mol. The largest absolute Gasteiger partial charge is 0.491 e. The molecule has 0 heterocycles. The van der Waals surface area contributed by atoms with E-state index >= 15 is 0 Å². The minimum absolute atomic E-state index is 0. The van der Waals surface area contributed by atoms with Crippen molar-refractivity contribution in [1.29, 1.82) is 5.41 Å². The number of nitrogen functional groups attached to an aromatic ring is 1. The minimum atomic E-state index is -0.827. The molecule has 0 aliphatic rings. The molecule has 0 spiro atoms. The predicted octanol–water partition coefficient (Wildman–Crippen LogP) is 3.77. The topological polar surface area (TPSA) is 118 Å². The Kier molecular flexibility index (Phi) is 11.3. The number of aliphatic hydroxyl groups excluding tert-OH is 1. The molecule has 0 aliphatic heterocycles. The molecule has 8 heteroatoms. The average molecular weight is 462 g/mol. The van der Waals surface area contributed by atoms with E-state index in [1.807, 2.05) is 19.1 Å². The number of halogens is 1. The zero-order valence-corrected chi connectivity index (χ0v) is 19.3. The SMILES string of the molecule is C=CCc1cc(CC)cc(C(Nc2ccc(C(=N)N)cc2)C(=O)OCC)c1OCCO.Cl. The van der Waals surface area contributed by atoms with Crippen molar-refractivity contribution in [2.24, 2.45) is 5.73 Å². The van der Waals surface area contributed by atoms with E-state index < -0.39 is 12.0 Å². The summed E-state index contributed by atoms with van der Waals surface area (Å²) in [4.78, 5) is 13.0. The summed E-state index contributed by atoms with van der Waals surface area (Å²) in [6.45, 7) is 7.81. The molecule has 0 aromatic heterocycles. The van der Waals surface area contributed by atoms with Crippen molar-refractivity contribution in [2.75, 3.05) is 25.1 Å². The van der Waals surface area contributed by atoms with E-state index in [2.05, 4.69) is 11.9 Å². The fourth-order valence-corrected chi connectivity index (χ4v) is 3.23. The molecule has 2 aromatic rings. The van der Waals surface area contributed by atoms with Gasteiger partial charge in [-0.25, -0.2) is 4.79 Å². The number of hydrogen-bond acceptors (Lipinski definition) is 6. The number of benzene rings is 2. The lowest BCUT2D eigenvalue weighted by molar-refractivity contribution is -0.144. The maximum absolute atomic E-state index is 13.0. The standard InChI is InChI=1S/C24H31N3O4.ClH/c1-4-7-18-14-16(5-2)15-20(22(18)31-13-12-28)21(24(29)30-6-3)27-19-10-8-17(9-11-19)23(25)26;/h4,8-11,14-15,21,27-28H,1,5-7,12-13H2,2-3H3,(H3,25,26);1H. The van der Waals surface area contributed by atoms with E-state index in [-0.39, 0.29) is 38.1 Å². The van der Waals surface area contributed by atoms with Crippen molar-refractivity contribution < 1.29 is 19.4 Å². The molecular formula is C24H32ClN3O4. The number of hydrogen-bond donors (Lipinski definition) is 4. The van der Waals surface area contributed by atoms with Crippen molar-refractivity contribution >= 4 is 29.9 Å². The summed E-state index contributed by atoms with van der Waals surface area (Å²) in [5.74, 6) is 0.0692. The summed E-state index contributed by atoms with van der Waals surface area (Å²) in [5.41, 5.74) is 9.36. The Balaban J connectivity index is 0.00000512. The van der Waals surface area contributed by atoms with Gasteiger partial charge >= 0.3 is 5.97 Å². The number of esters is 1. The first-order valence-electron chi connectivity index (χ1n) is 10.3. The summed E-state index contributed by atoms with van der Waals surface area (Å²) < 4.78 is 11.2. The molecular weight excluding hydrogens is 430 g/mol. The monoisotopic (exact) mass is 461 g/mol. The molecule has 2 rings (SSSR count). The molecule has 0 saturated carbocycles. The van der Waals surface area contributed by atoms with E-state index in [1.165, 1.54) is 0 Å². The Morgan fingerprint density at radius 2 is 1.97 bits per heavy atom. The van der Waals surface area contributed by atoms with Crippen LogP contribution in [-0.2, 0) is 22.4 Å². The van der Waals surface area contributed by atoms with E-state index in [0.29, 0.717) is 29.0 Å². The van der Waals surface area contributed by atoms with Crippen molar-refractivity contribution in [3.8, 4) is 5.75 Å². The number of rotatable bonds is 12. The minimum Gasteiger partial charge on any atom is -0.491 e. The number of nitrogens with two attached hydrogens (primary N) is 1. The Morgan fingerprint density at radius 3 is 2.50 bits per heavy atom. The second-order valence-electron chi connectivity index (χ2n) is 6.91. The molecule has 1 atom stereocenters. The van der Waals surface area contributed by atoms with Gasteiger partial charge in [0.1, 0.15) is 18.2 Å². The highest BCUT2D eigenvalue weighted by Crippen LogP contribution is 2.34. The molecule has 7 nitrogen and oxygen atoms in total. The average Bonchev–Trinajstić information content (AvgIpc) is 2.76. The number of carbonyl (C=O) groups excluding carboxylic acids is 1. The van der Waals surface area contributed by atoms with Crippen LogP contribution in [0.1, 0.15) is 42.1 Å². The molecule has 0 radical (unpaired) electrons. The van der Waals surface area contributed by atoms with Gasteiger partial charge in [0.15, 0.2) is 6.04 Å². The van der Waals surface area contributed by atoms with Crippen LogP contribution in [0.5, 0.6) is 5.75 Å². The molecule has 5 N–H and O–H groups in total. The quantitative estimate of drug-likeness (QED) is 0.165. The zero-order valence-electron chi connectivity index (χ0n) is 18.5. The van der Waals surface area contributed by atoms with Gasteiger partial charge in [-0.15, -0.1) is 19.0 Å². The zero-order chi connectivity index (χ0) is 22.8. The normalized spacial score (nSPS) is 11.1. The van der Waals surface area contributed by atoms with Gasteiger partial charge in [-0.1, -0.05) is 19.1 Å². The summed E-state index contributed by atoms with van der Waals surface area (Å²) in [5, 5.41) is 20.1. The van der Waals surface area contributed by atoms with E-state index in [4.69, 9.17) is 20.6 Å². The van der Waals surface area contributed by atoms with E-state index in [0.717, 1.165) is 17.5 Å². The molecule has 32 heavy (non-hydrogen) atoms. The van der Waals surface area contributed by atoms with E-state index in [9.17, 15) is 9.90 Å². The highest BCUT2D eigenvalue weighted by atomic mass is 35.5. The Morgan fingerprint density at radius 1 is 1.28 bits per heavy atom. The fourth-order valence-electron chi connectivity index (χ4n) is 3.23. The van der Waals surface area contributed by atoms with Gasteiger partial charge in [-0.2, -0.15) is 0 Å². The van der Waals surface area contributed by atoms with Crippen LogP contribution in [0.25, 0.3) is 0 Å². The lowest BCUT2D eigenvalue weighted by Gasteiger charge is -2.24. The van der Waals surface area contributed by atoms with Crippen LogP contribution in [0.3, 0.4) is 0 Å². The summed E-state index contributed by atoms with van der Waals surface area (Å²) in [6.07, 6.45) is 3.11. The maximum Gasteiger partial charge on any atom is 0.333 e. The second kappa shape index (κ2) is 13.4. The fraction of sp³-hybridized carbons (Fsp3) is 0.333. The molecule has 0 amide bonds. The van der Waals surface area contributed by atoms with Crippen LogP contribution >= 0.6 is 12.4 Å². The molecule has 0 saturated heterocycles. The Labute approximate surface area is 195 Å². The number of nitrogens with one attached hydrogen (secondary N) is 2. The molecule has 0 aliphatic carbocycles. The van der Waals surface area contributed by atoms with Crippen LogP contribution in [0.2, 0.25) is 0 Å². The van der Waals surface area contributed by atoms with Crippen LogP contribution in [0.4, 0.5) is 5.69 Å². The van der Waals surface area contributed by atoms with Gasteiger partial charge in [0, 0.05) is 16.8 Å². The number of allylic oxidation sites excluding steroid dienone is 1. The third-order valence-electron chi connectivity index (χ3n) is 4.70. The second-order valence-corrected chi connectivity index (χ2v) is 6.91. The summed E-state index contributed by atoms with van der Waals surface area (Å²) >= 11 is 0. The lowest BCUT2D eigenvalue weighted by Crippen LogP contribution is -2.25. The third-order valence-corrected chi connectivity index (χ3v) is 4.70. The highest BCUT2D eigenvalue weighted by molar-refractivity contribution is 5.95. The molecule has 174 valence electrons. The van der Waals surface area contributed by atoms with Crippen molar-refractivity contribution in [2.45, 2.75) is 32.7 Å². The van der Waals surface area contributed by atoms with Crippen LogP contribution in [0.15, 0.2) is 49.1 Å². The maximum atomic E-state index is 13.0. The van der Waals surface area contributed by atoms with E-state index in [1.54, 1.807) is 37.3 Å². The van der Waals surface area contributed by atoms with Gasteiger partial charge in [0.05, 0.1) is 13.2 Å². The molecule has 1 unspecified atom stereocenters. The van der Waals surface area contributed by atoms with Gasteiger partial charge in [-0.3, -0.25) is 5.41 Å². The first-order chi connectivity index (χ1) is 14.9. The number of aryl methyl sites for hydroxylation is 1. The number of carbonyl (C=O) groups is 1. The van der Waals surface area contributed by atoms with Gasteiger partial charge in [0.25, 0.3) is 0 Å². The number of anilines is 1. The smallest absolute Gasteiger partial charge is 0.333 e. The Bertz CT molecular complexity index is 916. The van der Waals surface area contributed by atoms with Gasteiger partial charge in [0.2, 0.25) is 0 Å². The first-order valence-corrected chi connectivity index (χ1v) is 10.3. The van der Waals surface area contributed by atoms with Gasteiger partial charge < -0.3 is 25.6 Å². The number of ether oxygens (including phenoxy) is 2. The summed E-state index contributed by atoms with van der Waals surface area (Å²) in [7, 11) is 0. The first kappa shape index (κ1) is 27.0. The van der Waals surface area contributed by atoms with Crippen molar-refractivity contribution in [1.82, 2.24) is 0 Å². The molecule has 0 fully saturated rings. The third kappa shape index (κ3) is 7.00. The van der Waals surface area contributed by atoms with Crippen molar-refractivity contribution in [3.05, 3.63) is 71.3 Å². The summed E-state index contributed by atoms with van der Waals surface area (Å²) in [6, 6.07) is 10.1. The van der Waals surface area contributed by atoms with Crippen LogP contribution in [0, 0.1) is 5.41 Å². The highest BCUT2D eigenvalue weighted by Gasteiger charge is 2.27. The Hall–Kier alpha value is -3.03. The molecule has 2 aromatic carbocycles. The van der Waals surface area contributed by atoms with Crippen LogP contribution in [-0.4, -0.2) is 36.7 Å².